The van der Waals surface area contributed by atoms with Gasteiger partial charge in [-0.05, 0) is 32.4 Å². The second-order valence-corrected chi connectivity index (χ2v) is 5.45. The lowest BCUT2D eigenvalue weighted by Gasteiger charge is -2.34. The molecule has 1 aromatic rings. The van der Waals surface area contributed by atoms with Crippen LogP contribution in [0.5, 0.6) is 0 Å². The minimum atomic E-state index is 0.0150. The molecule has 2 atom stereocenters. The number of carbonyl (C=O) groups excluding carboxylic acids is 1. The van der Waals surface area contributed by atoms with Crippen LogP contribution in [0.2, 0.25) is 0 Å². The number of nitrogens with two attached hydrogens (primary N) is 1. The van der Waals surface area contributed by atoms with Gasteiger partial charge in [0.1, 0.15) is 0 Å². The van der Waals surface area contributed by atoms with Crippen LogP contribution in [0.15, 0.2) is 24.3 Å². The molecule has 1 aromatic carbocycles. The second kappa shape index (κ2) is 8.80. The maximum Gasteiger partial charge on any atom is 0.234 e. The molecule has 4 nitrogen and oxygen atoms in total. The lowest BCUT2D eigenvalue weighted by atomic mass is 9.95. The zero-order valence-electron chi connectivity index (χ0n) is 13.7. The van der Waals surface area contributed by atoms with Gasteiger partial charge in [-0.15, -0.1) is 0 Å². The summed E-state index contributed by atoms with van der Waals surface area (Å²) in [4.78, 5) is 14.1. The van der Waals surface area contributed by atoms with Gasteiger partial charge in [0, 0.05) is 12.6 Å². The van der Waals surface area contributed by atoms with E-state index in [0.29, 0.717) is 13.1 Å². The van der Waals surface area contributed by atoms with Gasteiger partial charge in [0.25, 0.3) is 0 Å². The molecule has 21 heavy (non-hydrogen) atoms. The highest BCUT2D eigenvalue weighted by molar-refractivity contribution is 5.78. The first-order valence-corrected chi connectivity index (χ1v) is 7.86. The Labute approximate surface area is 128 Å². The van der Waals surface area contributed by atoms with Crippen molar-refractivity contribution in [3.63, 3.8) is 0 Å². The lowest BCUT2D eigenvalue weighted by Crippen LogP contribution is -2.45. The van der Waals surface area contributed by atoms with Gasteiger partial charge in [-0.1, -0.05) is 43.7 Å². The number of rotatable bonds is 8. The Hall–Kier alpha value is -1.39. The Balaban J connectivity index is 3.01. The Morgan fingerprint density at radius 3 is 2.57 bits per heavy atom. The number of carbonyl (C=O) groups is 1. The van der Waals surface area contributed by atoms with Crippen LogP contribution < -0.4 is 11.1 Å². The van der Waals surface area contributed by atoms with Crippen molar-refractivity contribution in [1.82, 2.24) is 10.2 Å². The van der Waals surface area contributed by atoms with Crippen molar-refractivity contribution in [3.8, 4) is 0 Å². The van der Waals surface area contributed by atoms with Crippen LogP contribution in [0.25, 0.3) is 0 Å². The highest BCUT2D eigenvalue weighted by Gasteiger charge is 2.26. The molecule has 3 N–H and O–H groups in total. The summed E-state index contributed by atoms with van der Waals surface area (Å²) in [6.07, 6.45) is 0.879. The molecular weight excluding hydrogens is 262 g/mol. The monoisotopic (exact) mass is 291 g/mol. The van der Waals surface area contributed by atoms with Crippen LogP contribution >= 0.6 is 0 Å². The predicted octanol–water partition coefficient (Wildman–Crippen LogP) is 2.23. The maximum absolute atomic E-state index is 11.9. The predicted molar refractivity (Wildman–Crippen MR) is 88.1 cm³/mol. The molecule has 1 rings (SSSR count). The zero-order chi connectivity index (χ0) is 15.8. The van der Waals surface area contributed by atoms with Crippen molar-refractivity contribution >= 4 is 5.91 Å². The largest absolute Gasteiger partial charge is 0.355 e. The van der Waals surface area contributed by atoms with E-state index >= 15 is 0 Å². The first-order chi connectivity index (χ1) is 10.0. The molecule has 0 heterocycles. The van der Waals surface area contributed by atoms with Crippen LogP contribution in [0.3, 0.4) is 0 Å². The van der Waals surface area contributed by atoms with Crippen molar-refractivity contribution in [2.45, 2.75) is 46.2 Å². The van der Waals surface area contributed by atoms with Crippen molar-refractivity contribution in [2.24, 2.45) is 5.73 Å². The summed E-state index contributed by atoms with van der Waals surface area (Å²) in [6, 6.07) is 8.50. The van der Waals surface area contributed by atoms with E-state index in [1.54, 1.807) is 0 Å². The molecule has 0 fully saturated rings. The minimum Gasteiger partial charge on any atom is -0.355 e. The van der Waals surface area contributed by atoms with Crippen LogP contribution in [0.1, 0.15) is 44.4 Å². The average Bonchev–Trinajstić information content (AvgIpc) is 2.46. The first kappa shape index (κ1) is 17.7. The summed E-state index contributed by atoms with van der Waals surface area (Å²) in [5.41, 5.74) is 8.76. The smallest absolute Gasteiger partial charge is 0.234 e. The van der Waals surface area contributed by atoms with Crippen LogP contribution in [0.4, 0.5) is 0 Å². The van der Waals surface area contributed by atoms with E-state index in [1.165, 1.54) is 11.1 Å². The van der Waals surface area contributed by atoms with Crippen LogP contribution in [-0.2, 0) is 4.79 Å². The normalized spacial score (nSPS) is 14.0. The molecule has 2 unspecified atom stereocenters. The number of likely N-dealkylation sites (N-methyl/N-ethyl adjacent to an activating group) is 2. The summed E-state index contributed by atoms with van der Waals surface area (Å²) in [5.74, 6) is 0.0558. The van der Waals surface area contributed by atoms with E-state index in [9.17, 15) is 4.79 Å². The van der Waals surface area contributed by atoms with Gasteiger partial charge in [0.05, 0.1) is 12.6 Å². The number of benzene rings is 1. The van der Waals surface area contributed by atoms with E-state index in [4.69, 9.17) is 5.73 Å². The van der Waals surface area contributed by atoms with Gasteiger partial charge in [0.2, 0.25) is 5.91 Å². The average molecular weight is 291 g/mol. The summed E-state index contributed by atoms with van der Waals surface area (Å²) in [7, 11) is 0. The Bertz CT molecular complexity index is 447. The second-order valence-electron chi connectivity index (χ2n) is 5.45. The van der Waals surface area contributed by atoms with E-state index in [1.807, 2.05) is 6.92 Å². The summed E-state index contributed by atoms with van der Waals surface area (Å²) < 4.78 is 0. The molecule has 0 radical (unpaired) electrons. The summed E-state index contributed by atoms with van der Waals surface area (Å²) >= 11 is 0. The molecule has 0 spiro atoms. The van der Waals surface area contributed by atoms with E-state index < -0.39 is 0 Å². The van der Waals surface area contributed by atoms with Crippen molar-refractivity contribution in [2.75, 3.05) is 19.6 Å². The quantitative estimate of drug-likeness (QED) is 0.772. The van der Waals surface area contributed by atoms with Crippen molar-refractivity contribution in [1.29, 1.82) is 0 Å². The van der Waals surface area contributed by atoms with Gasteiger partial charge >= 0.3 is 0 Å². The molecule has 0 aliphatic rings. The Morgan fingerprint density at radius 2 is 2.05 bits per heavy atom. The highest BCUT2D eigenvalue weighted by Crippen LogP contribution is 2.25. The number of aryl methyl sites for hydroxylation is 1. The molecule has 0 aromatic heterocycles. The third kappa shape index (κ3) is 5.14. The van der Waals surface area contributed by atoms with Crippen LogP contribution in [0, 0.1) is 6.92 Å². The lowest BCUT2D eigenvalue weighted by molar-refractivity contribution is -0.122. The van der Waals surface area contributed by atoms with Gasteiger partial charge in [-0.25, -0.2) is 0 Å². The summed E-state index contributed by atoms with van der Waals surface area (Å²) in [5, 5.41) is 2.86. The SMILES string of the molecule is CCNC(=O)CN(CC)C(c1cccc(C)c1)C(N)CC. The van der Waals surface area contributed by atoms with E-state index in [2.05, 4.69) is 55.3 Å². The van der Waals surface area contributed by atoms with E-state index in [-0.39, 0.29) is 18.0 Å². The standard InChI is InChI=1S/C17H29N3O/c1-5-15(18)17(14-10-8-9-13(4)11-14)20(7-3)12-16(21)19-6-2/h8-11,15,17H,5-7,12,18H2,1-4H3,(H,19,21). The molecular formula is C17H29N3O. The van der Waals surface area contributed by atoms with Gasteiger partial charge < -0.3 is 11.1 Å². The van der Waals surface area contributed by atoms with Crippen molar-refractivity contribution < 1.29 is 4.79 Å². The fraction of sp³-hybridized carbons (Fsp3) is 0.588. The number of hydrogen-bond acceptors (Lipinski definition) is 3. The van der Waals surface area contributed by atoms with Gasteiger partial charge in [-0.2, -0.15) is 0 Å². The summed E-state index contributed by atoms with van der Waals surface area (Å²) in [6.45, 7) is 10.0. The molecule has 118 valence electrons. The number of amides is 1. The molecule has 0 saturated carbocycles. The van der Waals surface area contributed by atoms with Crippen LogP contribution in [-0.4, -0.2) is 36.5 Å². The van der Waals surface area contributed by atoms with Crippen molar-refractivity contribution in [3.05, 3.63) is 35.4 Å². The molecule has 0 aliphatic carbocycles. The molecule has 4 heteroatoms. The topological polar surface area (TPSA) is 58.4 Å². The highest BCUT2D eigenvalue weighted by atomic mass is 16.2. The van der Waals surface area contributed by atoms with E-state index in [0.717, 1.165) is 13.0 Å². The molecule has 0 aliphatic heterocycles. The number of nitrogens with one attached hydrogen (secondary N) is 1. The minimum absolute atomic E-state index is 0.0150. The molecule has 0 saturated heterocycles. The maximum atomic E-state index is 11.9. The first-order valence-electron chi connectivity index (χ1n) is 7.86. The third-order valence-corrected chi connectivity index (χ3v) is 3.78. The zero-order valence-corrected chi connectivity index (χ0v) is 13.7. The third-order valence-electron chi connectivity index (χ3n) is 3.78. The fourth-order valence-corrected chi connectivity index (χ4v) is 2.65. The fourth-order valence-electron chi connectivity index (χ4n) is 2.65. The Morgan fingerprint density at radius 1 is 1.33 bits per heavy atom. The van der Waals surface area contributed by atoms with Gasteiger partial charge in [-0.3, -0.25) is 9.69 Å². The van der Waals surface area contributed by atoms with Gasteiger partial charge in [0.15, 0.2) is 0 Å². The molecule has 0 bridgehead atoms. The number of hydrogen-bond donors (Lipinski definition) is 2. The number of nitrogens with zero attached hydrogens (tertiary/aromatic N) is 1. The molecule has 1 amide bonds. The Kier molecular flexibility index (Phi) is 7.40.